The van der Waals surface area contributed by atoms with Crippen LogP contribution in [0.2, 0.25) is 0 Å². The summed E-state index contributed by atoms with van der Waals surface area (Å²) in [5.41, 5.74) is -0.685. The summed E-state index contributed by atoms with van der Waals surface area (Å²) in [4.78, 5) is 19.7. The molecule has 6 nitrogen and oxygen atoms in total. The number of halogens is 3. The molecule has 1 saturated carbocycles. The maximum Gasteiger partial charge on any atom is 0.394 e. The lowest BCUT2D eigenvalue weighted by molar-refractivity contribution is -0.192. The summed E-state index contributed by atoms with van der Waals surface area (Å²) < 4.78 is 41.5. The Hall–Kier alpha value is -2.32. The number of nitrogens with one attached hydrogen (secondary N) is 2. The summed E-state index contributed by atoms with van der Waals surface area (Å²) in [7, 11) is 1.64. The lowest BCUT2D eigenvalue weighted by atomic mass is 9.86. The van der Waals surface area contributed by atoms with Gasteiger partial charge in [0.25, 0.3) is 5.91 Å². The summed E-state index contributed by atoms with van der Waals surface area (Å²) in [6.07, 6.45) is -0.910. The highest BCUT2D eigenvalue weighted by atomic mass is 19.4. The van der Waals surface area contributed by atoms with Crippen molar-refractivity contribution in [2.75, 3.05) is 0 Å². The Morgan fingerprint density at radius 2 is 2.15 bits per heavy atom. The number of hydrogen-bond donors (Lipinski definition) is 2. The monoisotopic (exact) mass is 369 g/mol. The molecule has 1 aliphatic carbocycles. The number of imidazole rings is 1. The molecule has 0 bridgehead atoms. The Balaban J connectivity index is 1.82. The molecule has 1 amide bonds. The average molecular weight is 369 g/mol. The molecule has 0 spiro atoms. The molecule has 0 aliphatic heterocycles. The lowest BCUT2D eigenvalue weighted by Gasteiger charge is -2.29. The predicted octanol–water partition coefficient (Wildman–Crippen LogP) is 3.29. The molecule has 0 saturated heterocycles. The van der Waals surface area contributed by atoms with Gasteiger partial charge in [0, 0.05) is 13.2 Å². The van der Waals surface area contributed by atoms with Crippen molar-refractivity contribution < 1.29 is 18.0 Å². The molecule has 142 valence electrons. The molecular formula is C17H22F3N5O. The van der Waals surface area contributed by atoms with Crippen LogP contribution in [-0.2, 0) is 7.05 Å². The Bertz CT molecular complexity index is 790. The number of hydrogen-bond acceptors (Lipinski definition) is 3. The minimum absolute atomic E-state index is 0.0368. The molecule has 0 aromatic carbocycles. The van der Waals surface area contributed by atoms with Crippen molar-refractivity contribution in [1.82, 2.24) is 25.1 Å². The van der Waals surface area contributed by atoms with E-state index in [4.69, 9.17) is 0 Å². The van der Waals surface area contributed by atoms with Gasteiger partial charge in [0.05, 0.1) is 23.3 Å². The largest absolute Gasteiger partial charge is 0.394 e. The second-order valence-corrected chi connectivity index (χ2v) is 7.17. The number of rotatable bonds is 6. The highest BCUT2D eigenvalue weighted by Gasteiger charge is 2.63. The molecule has 9 heteroatoms. The topological polar surface area (TPSA) is 75.6 Å². The highest BCUT2D eigenvalue weighted by Crippen LogP contribution is 2.61. The van der Waals surface area contributed by atoms with Gasteiger partial charge in [-0.15, -0.1) is 0 Å². The molecule has 3 rings (SSSR count). The molecule has 1 aliphatic rings. The minimum Gasteiger partial charge on any atom is -0.344 e. The first-order valence-electron chi connectivity index (χ1n) is 8.50. The van der Waals surface area contributed by atoms with E-state index in [-0.39, 0.29) is 25.2 Å². The molecule has 0 radical (unpaired) electrons. The van der Waals surface area contributed by atoms with Crippen LogP contribution in [0, 0.1) is 18.3 Å². The maximum absolute atomic E-state index is 13.3. The van der Waals surface area contributed by atoms with Crippen molar-refractivity contribution >= 4 is 5.91 Å². The van der Waals surface area contributed by atoms with Crippen molar-refractivity contribution in [3.63, 3.8) is 0 Å². The van der Waals surface area contributed by atoms with Gasteiger partial charge in [0.1, 0.15) is 11.5 Å². The zero-order valence-corrected chi connectivity index (χ0v) is 14.9. The number of H-pyrrole nitrogens is 1. The quantitative estimate of drug-likeness (QED) is 0.820. The second kappa shape index (κ2) is 6.44. The zero-order valence-electron chi connectivity index (χ0n) is 14.9. The number of aromatic amines is 1. The van der Waals surface area contributed by atoms with Gasteiger partial charge in [-0.2, -0.15) is 18.3 Å². The fourth-order valence-corrected chi connectivity index (χ4v) is 3.42. The Morgan fingerprint density at radius 3 is 2.62 bits per heavy atom. The van der Waals surface area contributed by atoms with Crippen molar-refractivity contribution in [3.8, 4) is 0 Å². The summed E-state index contributed by atoms with van der Waals surface area (Å²) in [5.74, 6) is -0.161. The van der Waals surface area contributed by atoms with Crippen molar-refractivity contribution in [2.24, 2.45) is 18.4 Å². The highest BCUT2D eigenvalue weighted by molar-refractivity contribution is 5.92. The van der Waals surface area contributed by atoms with Gasteiger partial charge in [-0.25, -0.2) is 4.98 Å². The third-order valence-electron chi connectivity index (χ3n) is 5.13. The van der Waals surface area contributed by atoms with Crippen LogP contribution in [0.25, 0.3) is 0 Å². The van der Waals surface area contributed by atoms with Gasteiger partial charge in [-0.1, -0.05) is 6.92 Å². The average Bonchev–Trinajstić information content (AvgIpc) is 3.01. The van der Waals surface area contributed by atoms with Gasteiger partial charge in [0.2, 0.25) is 0 Å². The van der Waals surface area contributed by atoms with Crippen LogP contribution in [0.4, 0.5) is 13.2 Å². The van der Waals surface area contributed by atoms with E-state index in [1.165, 1.54) is 10.9 Å². The molecule has 2 aromatic heterocycles. The second-order valence-electron chi connectivity index (χ2n) is 7.17. The molecule has 2 heterocycles. The fourth-order valence-electron chi connectivity index (χ4n) is 3.42. The van der Waals surface area contributed by atoms with E-state index in [9.17, 15) is 18.0 Å². The number of carbonyl (C=O) groups is 1. The summed E-state index contributed by atoms with van der Waals surface area (Å²) in [5, 5.41) is 6.81. The lowest BCUT2D eigenvalue weighted by Crippen LogP contribution is -2.36. The third kappa shape index (κ3) is 3.47. The van der Waals surface area contributed by atoms with Gasteiger partial charge >= 0.3 is 6.18 Å². The van der Waals surface area contributed by atoms with Crippen LogP contribution in [0.5, 0.6) is 0 Å². The summed E-state index contributed by atoms with van der Waals surface area (Å²) in [6, 6.07) is 0.964. The number of carbonyl (C=O) groups excluding carboxylic acids is 1. The first-order chi connectivity index (χ1) is 12.1. The van der Waals surface area contributed by atoms with Gasteiger partial charge in [-0.05, 0) is 38.2 Å². The van der Waals surface area contributed by atoms with E-state index in [2.05, 4.69) is 20.4 Å². The van der Waals surface area contributed by atoms with E-state index >= 15 is 0 Å². The van der Waals surface area contributed by atoms with Gasteiger partial charge < -0.3 is 10.3 Å². The SMILES string of the molecule is Cc1ncc(C(NC(=O)c2ccnn2C)C(C)CC2(C(F)(F)F)CC2)[nH]1. The Kier molecular flexibility index (Phi) is 4.58. The molecule has 2 N–H and O–H groups in total. The smallest absolute Gasteiger partial charge is 0.344 e. The Morgan fingerprint density at radius 1 is 1.46 bits per heavy atom. The predicted molar refractivity (Wildman–Crippen MR) is 88.2 cm³/mol. The number of aryl methyl sites for hydroxylation is 2. The van der Waals surface area contributed by atoms with Gasteiger partial charge in [-0.3, -0.25) is 9.48 Å². The third-order valence-corrected chi connectivity index (χ3v) is 5.13. The van der Waals surface area contributed by atoms with Crippen molar-refractivity contribution in [1.29, 1.82) is 0 Å². The number of aromatic nitrogens is 4. The molecule has 2 atom stereocenters. The van der Waals surface area contributed by atoms with Crippen LogP contribution in [0.3, 0.4) is 0 Å². The summed E-state index contributed by atoms with van der Waals surface area (Å²) in [6.45, 7) is 3.49. The van der Waals surface area contributed by atoms with E-state index < -0.39 is 23.6 Å². The molecule has 2 unspecified atom stereocenters. The minimum atomic E-state index is -4.22. The van der Waals surface area contributed by atoms with Crippen LogP contribution in [-0.4, -0.2) is 31.8 Å². The van der Waals surface area contributed by atoms with E-state index in [1.54, 1.807) is 33.2 Å². The fraction of sp³-hybridized carbons (Fsp3) is 0.588. The van der Waals surface area contributed by atoms with Crippen LogP contribution in [0.1, 0.15) is 54.2 Å². The van der Waals surface area contributed by atoms with Crippen LogP contribution >= 0.6 is 0 Å². The molecule has 1 fully saturated rings. The van der Waals surface area contributed by atoms with Crippen LogP contribution in [0.15, 0.2) is 18.5 Å². The van der Waals surface area contributed by atoms with Crippen molar-refractivity contribution in [2.45, 2.75) is 45.3 Å². The van der Waals surface area contributed by atoms with E-state index in [1.807, 2.05) is 0 Å². The van der Waals surface area contributed by atoms with E-state index in [0.717, 1.165) is 0 Å². The van der Waals surface area contributed by atoms with Crippen molar-refractivity contribution in [3.05, 3.63) is 35.7 Å². The maximum atomic E-state index is 13.3. The number of alkyl halides is 3. The summed E-state index contributed by atoms with van der Waals surface area (Å²) >= 11 is 0. The Labute approximate surface area is 149 Å². The van der Waals surface area contributed by atoms with Crippen LogP contribution < -0.4 is 5.32 Å². The standard InChI is InChI=1S/C17H22F3N5O/c1-10(8-16(5-6-16)17(18,19)20)14(12-9-21-11(2)23-12)24-15(26)13-4-7-22-25(13)3/h4,7,9-10,14H,5-6,8H2,1-3H3,(H,21,23)(H,24,26). The number of amides is 1. The zero-order chi connectivity index (χ0) is 19.1. The first-order valence-corrected chi connectivity index (χ1v) is 8.50. The number of nitrogens with zero attached hydrogens (tertiary/aromatic N) is 3. The molecular weight excluding hydrogens is 347 g/mol. The first kappa shape index (κ1) is 18.5. The molecule has 26 heavy (non-hydrogen) atoms. The van der Waals surface area contributed by atoms with E-state index in [0.29, 0.717) is 17.2 Å². The van der Waals surface area contributed by atoms with Gasteiger partial charge in [0.15, 0.2) is 0 Å². The molecule has 2 aromatic rings. The normalized spacial score (nSPS) is 18.4.